The molecular weight excluding hydrogens is 492 g/mol. The third kappa shape index (κ3) is 3.37. The van der Waals surface area contributed by atoms with E-state index in [0.29, 0.717) is 33.6 Å². The number of aromatic amines is 1. The number of nitrogens with one attached hydrogen (secondary N) is 1. The molecule has 1 aliphatic rings. The molecule has 160 valence electrons. The zero-order valence-electron chi connectivity index (χ0n) is 17.2. The zero-order valence-corrected chi connectivity index (χ0v) is 19.6. The van der Waals surface area contributed by atoms with Gasteiger partial charge >= 0.3 is 17.4 Å². The lowest BCUT2D eigenvalue weighted by Crippen LogP contribution is -2.60. The molecule has 3 heterocycles. The number of fused-ring (bicyclic) bond motifs is 3. The minimum atomic E-state index is -0.741. The third-order valence-corrected chi connectivity index (χ3v) is 6.40. The first-order valence-electron chi connectivity index (χ1n) is 9.83. The number of thioether (sulfide) groups is 1. The first kappa shape index (κ1) is 20.7. The van der Waals surface area contributed by atoms with E-state index in [2.05, 4.69) is 26.0 Å². The molecular formula is C23H18BrN4O3S+. The second-order valence-electron chi connectivity index (χ2n) is 7.25. The Bertz CT molecular complexity index is 1400. The molecule has 1 amide bonds. The molecule has 1 aliphatic heterocycles. The number of carbonyl (C=O) groups excluding carboxylic acids is 1. The van der Waals surface area contributed by atoms with Crippen LogP contribution in [-0.2, 0) is 4.79 Å². The number of amides is 1. The molecule has 0 unspecified atom stereocenters. The molecule has 4 aromatic rings. The molecule has 0 bridgehead atoms. The number of anilines is 1. The largest absolute Gasteiger partial charge is 0.452 e. The summed E-state index contributed by atoms with van der Waals surface area (Å²) in [6.45, 7) is 1.50. The summed E-state index contributed by atoms with van der Waals surface area (Å²) in [6.07, 6.45) is 1.09. The molecule has 5 rings (SSSR count). The number of furan rings is 1. The summed E-state index contributed by atoms with van der Waals surface area (Å²) in [5, 5.41) is 5.09. The van der Waals surface area contributed by atoms with Crippen molar-refractivity contribution >= 4 is 39.3 Å². The van der Waals surface area contributed by atoms with Crippen LogP contribution in [0.15, 0.2) is 79.5 Å². The van der Waals surface area contributed by atoms with Crippen LogP contribution in [0.3, 0.4) is 0 Å². The number of H-pyrrole nitrogens is 1. The molecule has 32 heavy (non-hydrogen) atoms. The van der Waals surface area contributed by atoms with Gasteiger partial charge in [0.05, 0.1) is 11.3 Å². The first-order chi connectivity index (χ1) is 15.5. The monoisotopic (exact) mass is 509 g/mol. The molecule has 2 aromatic carbocycles. The van der Waals surface area contributed by atoms with Gasteiger partial charge in [-0.15, -0.1) is 0 Å². The van der Waals surface area contributed by atoms with E-state index < -0.39 is 6.17 Å². The summed E-state index contributed by atoms with van der Waals surface area (Å²) in [4.78, 5) is 30.3. The smallest absolute Gasteiger partial charge is 0.325 e. The number of rotatable bonds is 3. The van der Waals surface area contributed by atoms with E-state index in [1.807, 2.05) is 66.9 Å². The number of hydrogen-bond acceptors (Lipinski definition) is 5. The Morgan fingerprint density at radius 3 is 2.62 bits per heavy atom. The van der Waals surface area contributed by atoms with Crippen LogP contribution in [0.4, 0.5) is 5.69 Å². The van der Waals surface area contributed by atoms with Crippen molar-refractivity contribution in [1.82, 2.24) is 10.1 Å². The average molecular weight is 510 g/mol. The van der Waals surface area contributed by atoms with Crippen molar-refractivity contribution in [3.8, 4) is 22.6 Å². The molecule has 1 N–H and O–H groups in total. The fraction of sp³-hybridized carbons (Fsp3) is 0.130. The van der Waals surface area contributed by atoms with Crippen molar-refractivity contribution in [2.75, 3.05) is 11.2 Å². The Balaban J connectivity index is 1.74. The molecule has 0 saturated heterocycles. The fourth-order valence-corrected chi connectivity index (χ4v) is 4.55. The standard InChI is InChI=1S/C23H17BrN4O3S/c1-13(29)27-17-6-4-3-5-16(17)20-21(30)25-23(32-2)26-28(20)22(27)19-12-11-18(31-19)14-7-9-15(24)10-8-14/h3-12,22H,1-2H3/p+1/t22-/m1/s1. The minimum Gasteiger partial charge on any atom is -0.452 e. The van der Waals surface area contributed by atoms with Gasteiger partial charge in [0.2, 0.25) is 11.1 Å². The van der Waals surface area contributed by atoms with E-state index in [0.717, 1.165) is 10.0 Å². The third-order valence-electron chi connectivity index (χ3n) is 5.30. The van der Waals surface area contributed by atoms with Crippen molar-refractivity contribution in [1.29, 1.82) is 0 Å². The summed E-state index contributed by atoms with van der Waals surface area (Å²) in [5.74, 6) is 0.978. The lowest BCUT2D eigenvalue weighted by molar-refractivity contribution is -0.764. The first-order valence-corrected chi connectivity index (χ1v) is 11.8. The number of para-hydroxylation sites is 1. The van der Waals surface area contributed by atoms with Gasteiger partial charge in [0, 0.05) is 22.1 Å². The van der Waals surface area contributed by atoms with E-state index in [4.69, 9.17) is 4.42 Å². The molecule has 9 heteroatoms. The predicted octanol–water partition coefficient (Wildman–Crippen LogP) is 4.38. The molecule has 0 fully saturated rings. The van der Waals surface area contributed by atoms with Gasteiger partial charge in [0.15, 0.2) is 5.76 Å². The normalized spacial score (nSPS) is 14.7. The highest BCUT2D eigenvalue weighted by Gasteiger charge is 2.46. The van der Waals surface area contributed by atoms with Crippen LogP contribution >= 0.6 is 27.7 Å². The van der Waals surface area contributed by atoms with Gasteiger partial charge in [-0.25, -0.2) is 4.90 Å². The maximum Gasteiger partial charge on any atom is 0.325 e. The topological polar surface area (TPSA) is 83.1 Å². The van der Waals surface area contributed by atoms with Crippen molar-refractivity contribution in [3.05, 3.63) is 81.3 Å². The molecule has 7 nitrogen and oxygen atoms in total. The lowest BCUT2D eigenvalue weighted by Gasteiger charge is -2.29. The van der Waals surface area contributed by atoms with Crippen molar-refractivity contribution in [2.45, 2.75) is 18.2 Å². The van der Waals surface area contributed by atoms with Crippen LogP contribution in [0, 0.1) is 0 Å². The minimum absolute atomic E-state index is 0.185. The number of halogens is 1. The Labute approximate surface area is 196 Å². The van der Waals surface area contributed by atoms with Crippen LogP contribution in [0.1, 0.15) is 18.8 Å². The van der Waals surface area contributed by atoms with Gasteiger partial charge in [-0.1, -0.05) is 52.0 Å². The Hall–Kier alpha value is -3.17. The van der Waals surface area contributed by atoms with E-state index in [-0.39, 0.29) is 11.5 Å². The molecule has 0 saturated carbocycles. The number of carbonyl (C=O) groups is 1. The second-order valence-corrected chi connectivity index (χ2v) is 8.96. The summed E-state index contributed by atoms with van der Waals surface area (Å²) in [6, 6.07) is 18.8. The van der Waals surface area contributed by atoms with Crippen LogP contribution in [-0.4, -0.2) is 22.2 Å². The van der Waals surface area contributed by atoms with E-state index in [9.17, 15) is 9.59 Å². The Kier molecular flexibility index (Phi) is 5.22. The van der Waals surface area contributed by atoms with Crippen LogP contribution < -0.4 is 15.1 Å². The highest BCUT2D eigenvalue weighted by atomic mass is 79.9. The Morgan fingerprint density at radius 1 is 1.16 bits per heavy atom. The molecule has 1 atom stereocenters. The molecule has 0 radical (unpaired) electrons. The average Bonchev–Trinajstić information content (AvgIpc) is 3.27. The number of nitrogens with zero attached hydrogens (tertiary/aromatic N) is 3. The number of hydrogen-bond donors (Lipinski definition) is 1. The number of benzene rings is 2. The number of aromatic nitrogens is 3. The summed E-state index contributed by atoms with van der Waals surface area (Å²) in [5.41, 5.74) is 2.28. The van der Waals surface area contributed by atoms with Gasteiger partial charge in [-0.2, -0.15) is 0 Å². The lowest BCUT2D eigenvalue weighted by atomic mass is 10.0. The van der Waals surface area contributed by atoms with Gasteiger partial charge < -0.3 is 4.42 Å². The van der Waals surface area contributed by atoms with Crippen LogP contribution in [0.2, 0.25) is 0 Å². The second kappa shape index (κ2) is 8.07. The van der Waals surface area contributed by atoms with Gasteiger partial charge in [-0.3, -0.25) is 14.6 Å². The maximum absolute atomic E-state index is 13.1. The molecule has 0 aliphatic carbocycles. The predicted molar refractivity (Wildman–Crippen MR) is 125 cm³/mol. The van der Waals surface area contributed by atoms with Gasteiger partial charge in [0.25, 0.3) is 0 Å². The summed E-state index contributed by atoms with van der Waals surface area (Å²) < 4.78 is 8.78. The van der Waals surface area contributed by atoms with E-state index >= 15 is 0 Å². The maximum atomic E-state index is 13.1. The summed E-state index contributed by atoms with van der Waals surface area (Å²) in [7, 11) is 0. The van der Waals surface area contributed by atoms with Gasteiger partial charge in [-0.05, 0) is 47.3 Å². The summed E-state index contributed by atoms with van der Waals surface area (Å²) >= 11 is 4.76. The quantitative estimate of drug-likeness (QED) is 0.327. The van der Waals surface area contributed by atoms with Crippen molar-refractivity contribution < 1.29 is 13.9 Å². The highest BCUT2D eigenvalue weighted by Crippen LogP contribution is 2.38. The SMILES string of the molecule is CSc1n[n+]2c(c(=O)[nH]1)-c1ccccc1N(C(C)=O)[C@H]2c1ccc(-c2ccc(Br)cc2)o1. The highest BCUT2D eigenvalue weighted by molar-refractivity contribution is 9.10. The Morgan fingerprint density at radius 2 is 1.91 bits per heavy atom. The molecule has 2 aromatic heterocycles. The van der Waals surface area contributed by atoms with Crippen LogP contribution in [0.5, 0.6) is 0 Å². The van der Waals surface area contributed by atoms with Crippen molar-refractivity contribution in [3.63, 3.8) is 0 Å². The van der Waals surface area contributed by atoms with Crippen LogP contribution in [0.25, 0.3) is 22.6 Å². The van der Waals surface area contributed by atoms with E-state index in [1.165, 1.54) is 18.7 Å². The zero-order chi connectivity index (χ0) is 22.4. The van der Waals surface area contributed by atoms with E-state index in [1.54, 1.807) is 9.58 Å². The molecule has 0 spiro atoms. The fourth-order valence-electron chi connectivity index (χ4n) is 3.92. The van der Waals surface area contributed by atoms with Gasteiger partial charge in [0.1, 0.15) is 5.76 Å². The van der Waals surface area contributed by atoms with Crippen molar-refractivity contribution in [2.24, 2.45) is 0 Å².